The van der Waals surface area contributed by atoms with Gasteiger partial charge < -0.3 is 15.3 Å². The van der Waals surface area contributed by atoms with Crippen LogP contribution in [0.4, 0.5) is 0 Å². The van der Waals surface area contributed by atoms with Crippen LogP contribution in [0.1, 0.15) is 85.5 Å². The molecule has 3 fully saturated rings. The third-order valence-corrected chi connectivity index (χ3v) is 8.79. The van der Waals surface area contributed by atoms with Gasteiger partial charge in [-0.15, -0.1) is 6.58 Å². The van der Waals surface area contributed by atoms with E-state index in [1.807, 2.05) is 13.8 Å². The molecule has 3 rings (SSSR count). The zero-order valence-electron chi connectivity index (χ0n) is 20.8. The minimum absolute atomic E-state index is 0.276. The van der Waals surface area contributed by atoms with Crippen molar-refractivity contribution in [3.8, 4) is 0 Å². The van der Waals surface area contributed by atoms with E-state index in [0.717, 1.165) is 30.4 Å². The molecule has 3 N–H and O–H groups in total. The van der Waals surface area contributed by atoms with Gasteiger partial charge in [-0.1, -0.05) is 57.1 Å². The Morgan fingerprint density at radius 3 is 2.56 bits per heavy atom. The lowest BCUT2D eigenvalue weighted by Gasteiger charge is -2.47. The number of allylic oxidation sites excluding steroid dienone is 4. The summed E-state index contributed by atoms with van der Waals surface area (Å²) >= 11 is 0. The van der Waals surface area contributed by atoms with E-state index in [9.17, 15) is 15.3 Å². The van der Waals surface area contributed by atoms with Gasteiger partial charge in [0.2, 0.25) is 0 Å². The van der Waals surface area contributed by atoms with Crippen molar-refractivity contribution in [1.29, 1.82) is 0 Å². The Kier molecular flexibility index (Phi) is 7.95. The van der Waals surface area contributed by atoms with E-state index in [2.05, 4.69) is 45.2 Å². The van der Waals surface area contributed by atoms with E-state index in [4.69, 9.17) is 0 Å². The molecule has 0 aliphatic heterocycles. The van der Waals surface area contributed by atoms with Gasteiger partial charge in [-0.25, -0.2) is 0 Å². The third kappa shape index (κ3) is 5.66. The van der Waals surface area contributed by atoms with Crippen LogP contribution in [0.25, 0.3) is 0 Å². The van der Waals surface area contributed by atoms with Gasteiger partial charge >= 0.3 is 0 Å². The van der Waals surface area contributed by atoms with Crippen LogP contribution in [0.5, 0.6) is 0 Å². The molecule has 0 bridgehead atoms. The fourth-order valence-corrected chi connectivity index (χ4v) is 7.06. The van der Waals surface area contributed by atoms with E-state index in [0.29, 0.717) is 36.5 Å². The molecule has 3 saturated carbocycles. The van der Waals surface area contributed by atoms with Crippen molar-refractivity contribution < 1.29 is 15.3 Å². The lowest BCUT2D eigenvalue weighted by molar-refractivity contribution is 0.0562. The van der Waals surface area contributed by atoms with Gasteiger partial charge in [0.25, 0.3) is 0 Å². The first-order valence-electron chi connectivity index (χ1n) is 12.7. The summed E-state index contributed by atoms with van der Waals surface area (Å²) in [7, 11) is 0. The van der Waals surface area contributed by atoms with Crippen LogP contribution in [-0.2, 0) is 0 Å². The summed E-state index contributed by atoms with van der Waals surface area (Å²) in [6, 6.07) is 0. The molecule has 3 aliphatic carbocycles. The van der Waals surface area contributed by atoms with E-state index in [1.54, 1.807) is 0 Å². The average molecular weight is 443 g/mol. The average Bonchev–Trinajstić information content (AvgIpc) is 3.05. The maximum absolute atomic E-state index is 10.2. The molecule has 0 saturated heterocycles. The highest BCUT2D eigenvalue weighted by atomic mass is 16.3. The lowest BCUT2D eigenvalue weighted by Crippen LogP contribution is -2.38. The molecule has 0 amide bonds. The van der Waals surface area contributed by atoms with Crippen LogP contribution in [-0.4, -0.2) is 33.1 Å². The van der Waals surface area contributed by atoms with Crippen molar-refractivity contribution in [1.82, 2.24) is 0 Å². The second-order valence-corrected chi connectivity index (χ2v) is 11.9. The summed E-state index contributed by atoms with van der Waals surface area (Å²) in [6.07, 6.45) is 14.3. The Morgan fingerprint density at radius 1 is 1.19 bits per heavy atom. The fraction of sp³-hybridized carbons (Fsp3) is 0.724. The SMILES string of the molecule is C=C[C@H]1CC(=C/C=C2/C[C@@H](O)C[C@@H](O)C2=C)C2CC[C@H]([C@H](C)CCCC(C)(C)O)[C@@]2(C)C1. The molecule has 3 heteroatoms. The zero-order chi connectivity index (χ0) is 23.7. The van der Waals surface area contributed by atoms with Gasteiger partial charge in [0, 0.05) is 6.42 Å². The van der Waals surface area contributed by atoms with Crippen LogP contribution < -0.4 is 0 Å². The summed E-state index contributed by atoms with van der Waals surface area (Å²) in [5.41, 5.74) is 2.95. The van der Waals surface area contributed by atoms with Gasteiger partial charge in [0.05, 0.1) is 17.8 Å². The largest absolute Gasteiger partial charge is 0.393 e. The number of fused-ring (bicyclic) bond motifs is 1. The van der Waals surface area contributed by atoms with Crippen LogP contribution in [0.3, 0.4) is 0 Å². The molecule has 180 valence electrons. The molecule has 0 radical (unpaired) electrons. The number of hydrogen-bond acceptors (Lipinski definition) is 3. The summed E-state index contributed by atoms with van der Waals surface area (Å²) in [5, 5.41) is 30.4. The highest BCUT2D eigenvalue weighted by molar-refractivity contribution is 5.39. The monoisotopic (exact) mass is 442 g/mol. The zero-order valence-corrected chi connectivity index (χ0v) is 20.8. The van der Waals surface area contributed by atoms with Crippen LogP contribution in [0.2, 0.25) is 0 Å². The van der Waals surface area contributed by atoms with E-state index in [-0.39, 0.29) is 5.41 Å². The van der Waals surface area contributed by atoms with E-state index < -0.39 is 17.8 Å². The molecule has 3 nitrogen and oxygen atoms in total. The van der Waals surface area contributed by atoms with E-state index >= 15 is 0 Å². The molecule has 0 aromatic rings. The first-order valence-corrected chi connectivity index (χ1v) is 12.7. The minimum Gasteiger partial charge on any atom is -0.393 e. The smallest absolute Gasteiger partial charge is 0.0811 e. The molecule has 0 spiro atoms. The van der Waals surface area contributed by atoms with Crippen LogP contribution in [0, 0.1) is 29.1 Å². The quantitative estimate of drug-likeness (QED) is 0.416. The summed E-state index contributed by atoms with van der Waals surface area (Å²) in [4.78, 5) is 0. The summed E-state index contributed by atoms with van der Waals surface area (Å²) in [5.74, 6) is 2.43. The van der Waals surface area contributed by atoms with Crippen molar-refractivity contribution in [3.63, 3.8) is 0 Å². The maximum atomic E-state index is 10.2. The predicted molar refractivity (Wildman–Crippen MR) is 133 cm³/mol. The Labute approximate surface area is 196 Å². The number of rotatable bonds is 7. The van der Waals surface area contributed by atoms with Gasteiger partial charge in [-0.2, -0.15) is 0 Å². The van der Waals surface area contributed by atoms with Crippen LogP contribution in [0.15, 0.2) is 48.1 Å². The van der Waals surface area contributed by atoms with Crippen LogP contribution >= 0.6 is 0 Å². The third-order valence-electron chi connectivity index (χ3n) is 8.79. The number of hydrogen-bond donors (Lipinski definition) is 3. The number of aliphatic hydroxyl groups is 3. The van der Waals surface area contributed by atoms with Crippen molar-refractivity contribution >= 4 is 0 Å². The minimum atomic E-state index is -0.637. The lowest BCUT2D eigenvalue weighted by atomic mass is 9.58. The van der Waals surface area contributed by atoms with Crippen molar-refractivity contribution in [3.05, 3.63) is 48.1 Å². The Hall–Kier alpha value is -1.16. The normalized spacial score (nSPS) is 39.3. The standard InChI is InChI=1S/C29H46O3/c1-7-21-15-23(11-10-22-16-24(30)17-27(31)20(22)3)26-13-12-25(29(26,6)18-21)19(2)9-8-14-28(4,5)32/h7,10-11,19,21,24-27,30-32H,1,3,8-9,12-18H2,2,4-6H3/b22-10-,23-11?/t19-,21+,24-,25-,26?,27-,29-/m1/s1. The molecule has 1 unspecified atom stereocenters. The maximum Gasteiger partial charge on any atom is 0.0811 e. The topological polar surface area (TPSA) is 60.7 Å². The first-order chi connectivity index (χ1) is 14.9. The Balaban J connectivity index is 1.79. The molecule has 32 heavy (non-hydrogen) atoms. The molecular formula is C29H46O3. The van der Waals surface area contributed by atoms with Gasteiger partial charge in [0.15, 0.2) is 0 Å². The van der Waals surface area contributed by atoms with Crippen molar-refractivity contribution in [2.75, 3.05) is 0 Å². The Bertz CT molecular complexity index is 755. The molecule has 0 heterocycles. The molecule has 0 aromatic carbocycles. The highest BCUT2D eigenvalue weighted by Crippen LogP contribution is 2.61. The summed E-state index contributed by atoms with van der Waals surface area (Å²) < 4.78 is 0. The van der Waals surface area contributed by atoms with E-state index in [1.165, 1.54) is 31.3 Å². The highest BCUT2D eigenvalue weighted by Gasteiger charge is 2.52. The van der Waals surface area contributed by atoms with Crippen molar-refractivity contribution in [2.45, 2.75) is 103 Å². The van der Waals surface area contributed by atoms with Gasteiger partial charge in [0.1, 0.15) is 0 Å². The predicted octanol–water partition coefficient (Wildman–Crippen LogP) is 6.12. The number of aliphatic hydroxyl groups excluding tert-OH is 2. The Morgan fingerprint density at radius 2 is 1.91 bits per heavy atom. The van der Waals surface area contributed by atoms with Gasteiger partial charge in [-0.3, -0.25) is 0 Å². The molecule has 3 aliphatic rings. The fourth-order valence-electron chi connectivity index (χ4n) is 7.06. The van der Waals surface area contributed by atoms with Crippen molar-refractivity contribution in [2.24, 2.45) is 29.1 Å². The molecule has 0 aromatic heterocycles. The second kappa shape index (κ2) is 9.99. The van der Waals surface area contributed by atoms with Gasteiger partial charge in [-0.05, 0) is 92.6 Å². The first kappa shape index (κ1) is 25.5. The second-order valence-electron chi connectivity index (χ2n) is 11.9. The molecule has 7 atom stereocenters. The summed E-state index contributed by atoms with van der Waals surface area (Å²) in [6.45, 7) is 17.0. The molecular weight excluding hydrogens is 396 g/mol.